The molecule has 0 fully saturated rings. The van der Waals surface area contributed by atoms with E-state index in [-0.39, 0.29) is 11.5 Å². The first-order valence-corrected chi connectivity index (χ1v) is 6.75. The van der Waals surface area contributed by atoms with Crippen LogP contribution in [0.3, 0.4) is 0 Å². The maximum Gasteiger partial charge on any atom is 0.200 e. The predicted molar refractivity (Wildman–Crippen MR) is 74.8 cm³/mol. The van der Waals surface area contributed by atoms with Crippen molar-refractivity contribution in [3.05, 3.63) is 23.4 Å². The van der Waals surface area contributed by atoms with Crippen LogP contribution in [-0.2, 0) is 4.79 Å². The van der Waals surface area contributed by atoms with Crippen molar-refractivity contribution >= 4 is 29.0 Å². The summed E-state index contributed by atoms with van der Waals surface area (Å²) in [7, 11) is 0. The zero-order chi connectivity index (χ0) is 14.1. The van der Waals surface area contributed by atoms with Crippen LogP contribution in [0.2, 0.25) is 0 Å². The summed E-state index contributed by atoms with van der Waals surface area (Å²) < 4.78 is 0. The monoisotopic (exact) mass is 291 g/mol. The second-order valence-corrected chi connectivity index (χ2v) is 5.55. The number of carbonyl (C=O) groups is 1. The number of carbonyl (C=O) groups excluding carboxylic acids is 1. The van der Waals surface area contributed by atoms with E-state index in [1.165, 1.54) is 13.0 Å². The van der Waals surface area contributed by atoms with Crippen molar-refractivity contribution < 1.29 is 9.90 Å². The highest BCUT2D eigenvalue weighted by atomic mass is 35.5. The molecule has 3 nitrogen and oxygen atoms in total. The molecule has 1 N–H and O–H groups in total. The summed E-state index contributed by atoms with van der Waals surface area (Å²) >= 11 is 12.4. The van der Waals surface area contributed by atoms with Crippen LogP contribution in [0.25, 0.3) is 0 Å². The molecule has 1 aliphatic carbocycles. The highest BCUT2D eigenvalue weighted by Gasteiger charge is 2.61. The van der Waals surface area contributed by atoms with Crippen molar-refractivity contribution in [3.8, 4) is 0 Å². The van der Waals surface area contributed by atoms with Gasteiger partial charge in [-0.05, 0) is 27.2 Å². The van der Waals surface area contributed by atoms with Gasteiger partial charge in [0, 0.05) is 13.1 Å². The average molecular weight is 292 g/mol. The van der Waals surface area contributed by atoms with Gasteiger partial charge in [-0.3, -0.25) is 4.79 Å². The molecular weight excluding hydrogens is 273 g/mol. The molecule has 0 unspecified atom stereocenters. The van der Waals surface area contributed by atoms with Gasteiger partial charge in [0.05, 0.1) is 5.70 Å². The van der Waals surface area contributed by atoms with E-state index in [0.717, 1.165) is 0 Å². The Morgan fingerprint density at radius 1 is 1.44 bits per heavy atom. The van der Waals surface area contributed by atoms with Crippen molar-refractivity contribution in [2.45, 2.75) is 37.7 Å². The molecule has 0 aromatic heterocycles. The first-order chi connectivity index (χ1) is 8.27. The Hall–Kier alpha value is -0.510. The largest absolute Gasteiger partial charge is 0.382 e. The molecule has 0 saturated heterocycles. The van der Waals surface area contributed by atoms with Crippen LogP contribution in [-0.4, -0.2) is 39.4 Å². The zero-order valence-corrected chi connectivity index (χ0v) is 12.5. The van der Waals surface area contributed by atoms with E-state index >= 15 is 0 Å². The molecule has 0 heterocycles. The molecule has 2 atom stereocenters. The summed E-state index contributed by atoms with van der Waals surface area (Å²) in [4.78, 5) is 12.6. The Morgan fingerprint density at radius 2 is 1.94 bits per heavy atom. The number of Topliss-reactive ketones (excluding diaryl/α,β-unsaturated/α-hetero) is 1. The summed E-state index contributed by atoms with van der Waals surface area (Å²) in [6, 6.07) is 0. The van der Waals surface area contributed by atoms with Gasteiger partial charge < -0.3 is 10.0 Å². The van der Waals surface area contributed by atoms with Crippen molar-refractivity contribution in [1.82, 2.24) is 4.90 Å². The lowest BCUT2D eigenvalue weighted by atomic mass is 9.86. The van der Waals surface area contributed by atoms with Crippen LogP contribution in [0, 0.1) is 0 Å². The Kier molecular flexibility index (Phi) is 4.52. The number of rotatable bonds is 5. The second-order valence-electron chi connectivity index (χ2n) is 4.53. The number of aliphatic hydroxyl groups is 1. The summed E-state index contributed by atoms with van der Waals surface area (Å²) in [6.07, 6.45) is 1.69. The molecule has 0 aromatic carbocycles. The van der Waals surface area contributed by atoms with Crippen LogP contribution >= 0.6 is 23.2 Å². The summed E-state index contributed by atoms with van der Waals surface area (Å²) in [6.45, 7) is 10.3. The molecule has 0 bridgehead atoms. The van der Waals surface area contributed by atoms with Gasteiger partial charge in [0.15, 0.2) is 0 Å². The van der Waals surface area contributed by atoms with E-state index in [1.54, 1.807) is 0 Å². The molecular formula is C13H19Cl2NO2. The van der Waals surface area contributed by atoms with E-state index in [4.69, 9.17) is 23.2 Å². The number of hydrogen-bond acceptors (Lipinski definition) is 3. The van der Waals surface area contributed by atoms with Gasteiger partial charge in [-0.1, -0.05) is 17.7 Å². The van der Waals surface area contributed by atoms with Gasteiger partial charge in [-0.2, -0.15) is 0 Å². The van der Waals surface area contributed by atoms with Gasteiger partial charge in [0.1, 0.15) is 15.5 Å². The molecule has 1 aliphatic rings. The third-order valence-electron chi connectivity index (χ3n) is 3.51. The molecule has 18 heavy (non-hydrogen) atoms. The van der Waals surface area contributed by atoms with Crippen molar-refractivity contribution in [1.29, 1.82) is 0 Å². The standard InChI is InChI=1S/C13H19Cl2NO2/c1-5-8-13(15)11(17)9(14)10(12(13,4)18)16(6-2)7-3/h5,18H,1,6-8H2,2-4H3/t12-,13+/m1/s1. The summed E-state index contributed by atoms with van der Waals surface area (Å²) in [5.74, 6) is -0.433. The number of ketones is 1. The van der Waals surface area contributed by atoms with E-state index in [1.807, 2.05) is 18.7 Å². The molecule has 0 aromatic rings. The first kappa shape index (κ1) is 15.5. The Morgan fingerprint density at radius 3 is 2.33 bits per heavy atom. The van der Waals surface area contributed by atoms with E-state index < -0.39 is 16.3 Å². The molecule has 0 aliphatic heterocycles. The minimum absolute atomic E-state index is 0.0283. The van der Waals surface area contributed by atoms with Crippen molar-refractivity contribution in [3.63, 3.8) is 0 Å². The fraction of sp³-hybridized carbons (Fsp3) is 0.615. The summed E-state index contributed by atoms with van der Waals surface area (Å²) in [5, 5.41) is 10.7. The minimum atomic E-state index is -1.50. The van der Waals surface area contributed by atoms with E-state index in [0.29, 0.717) is 18.8 Å². The maximum atomic E-state index is 12.2. The summed E-state index contributed by atoms with van der Waals surface area (Å²) in [5.41, 5.74) is -1.08. The second kappa shape index (κ2) is 5.24. The number of allylic oxidation sites excluding steroid dienone is 2. The number of hydrogen-bond donors (Lipinski definition) is 1. The van der Waals surface area contributed by atoms with Crippen LogP contribution < -0.4 is 0 Å². The Balaban J connectivity index is 3.35. The van der Waals surface area contributed by atoms with Crippen molar-refractivity contribution in [2.75, 3.05) is 13.1 Å². The average Bonchev–Trinajstić information content (AvgIpc) is 2.44. The fourth-order valence-corrected chi connectivity index (χ4v) is 3.19. The Bertz CT molecular complexity index is 400. The number of nitrogens with zero attached hydrogens (tertiary/aromatic N) is 1. The molecule has 0 radical (unpaired) electrons. The van der Waals surface area contributed by atoms with Gasteiger partial charge in [-0.25, -0.2) is 0 Å². The van der Waals surface area contributed by atoms with Gasteiger partial charge in [0.25, 0.3) is 0 Å². The number of alkyl halides is 1. The lowest BCUT2D eigenvalue weighted by molar-refractivity contribution is -0.120. The van der Waals surface area contributed by atoms with Gasteiger partial charge in [-0.15, -0.1) is 18.2 Å². The lowest BCUT2D eigenvalue weighted by Crippen LogP contribution is -2.52. The van der Waals surface area contributed by atoms with Crippen molar-refractivity contribution in [2.24, 2.45) is 0 Å². The molecule has 102 valence electrons. The molecule has 1 rings (SSSR count). The maximum absolute atomic E-state index is 12.2. The highest BCUT2D eigenvalue weighted by molar-refractivity contribution is 6.53. The van der Waals surface area contributed by atoms with E-state index in [2.05, 4.69) is 6.58 Å². The fourth-order valence-electron chi connectivity index (χ4n) is 2.38. The minimum Gasteiger partial charge on any atom is -0.382 e. The smallest absolute Gasteiger partial charge is 0.200 e. The highest BCUT2D eigenvalue weighted by Crippen LogP contribution is 2.49. The quantitative estimate of drug-likeness (QED) is 0.625. The third-order valence-corrected chi connectivity index (χ3v) is 4.55. The van der Waals surface area contributed by atoms with Crippen LogP contribution in [0.4, 0.5) is 0 Å². The molecule has 0 spiro atoms. The topological polar surface area (TPSA) is 40.5 Å². The van der Waals surface area contributed by atoms with E-state index in [9.17, 15) is 9.90 Å². The lowest BCUT2D eigenvalue weighted by Gasteiger charge is -2.38. The normalized spacial score (nSPS) is 32.0. The number of halogens is 2. The Labute approximate surface area is 118 Å². The van der Waals surface area contributed by atoms with Gasteiger partial charge >= 0.3 is 0 Å². The van der Waals surface area contributed by atoms with Crippen LogP contribution in [0.15, 0.2) is 23.4 Å². The SMILES string of the molecule is C=CC[C@]1(Cl)C(=O)C(Cl)=C(N(CC)CC)[C@@]1(C)O. The van der Waals surface area contributed by atoms with Crippen LogP contribution in [0.1, 0.15) is 27.2 Å². The first-order valence-electron chi connectivity index (χ1n) is 6.00. The number of likely N-dealkylation sites (N-methyl/N-ethyl adjacent to an activating group) is 1. The molecule has 0 amide bonds. The predicted octanol–water partition coefficient (Wildman–Crippen LogP) is 2.67. The van der Waals surface area contributed by atoms with Gasteiger partial charge in [0.2, 0.25) is 5.78 Å². The molecule has 0 saturated carbocycles. The third kappa shape index (κ3) is 1.98. The van der Waals surface area contributed by atoms with Crippen LogP contribution in [0.5, 0.6) is 0 Å². The molecule has 5 heteroatoms. The zero-order valence-electron chi connectivity index (χ0n) is 11.0.